The zero-order valence-corrected chi connectivity index (χ0v) is 17.0. The number of nitriles is 1. The summed E-state index contributed by atoms with van der Waals surface area (Å²) in [4.78, 5) is 25.5. The predicted molar refractivity (Wildman–Crippen MR) is 108 cm³/mol. The van der Waals surface area contributed by atoms with Gasteiger partial charge in [0, 0.05) is 38.8 Å². The molecule has 0 aliphatic carbocycles. The summed E-state index contributed by atoms with van der Waals surface area (Å²) in [6.07, 6.45) is 4.35. The summed E-state index contributed by atoms with van der Waals surface area (Å²) < 4.78 is 10.5. The number of carbonyl (C=O) groups excluding carboxylic acids is 2. The van der Waals surface area contributed by atoms with Crippen LogP contribution in [0.15, 0.2) is 30.0 Å². The van der Waals surface area contributed by atoms with Crippen molar-refractivity contribution in [1.29, 1.82) is 5.26 Å². The molecule has 1 saturated heterocycles. The summed E-state index contributed by atoms with van der Waals surface area (Å²) in [5, 5.41) is 14.9. The lowest BCUT2D eigenvalue weighted by molar-refractivity contribution is -0.127. The fourth-order valence-corrected chi connectivity index (χ4v) is 3.09. The number of carbonyl (C=O) groups is 2. The van der Waals surface area contributed by atoms with Crippen molar-refractivity contribution in [1.82, 2.24) is 15.5 Å². The first-order chi connectivity index (χ1) is 14.1. The Hall–Kier alpha value is -3.21. The number of benzene rings is 1. The summed E-state index contributed by atoms with van der Waals surface area (Å²) in [6, 6.07) is 7.49. The van der Waals surface area contributed by atoms with E-state index < -0.39 is 5.91 Å². The van der Waals surface area contributed by atoms with Crippen LogP contribution in [0.5, 0.6) is 11.5 Å². The summed E-state index contributed by atoms with van der Waals surface area (Å²) in [7, 11) is 3.15. The van der Waals surface area contributed by atoms with Crippen LogP contribution < -0.4 is 20.1 Å². The molecule has 156 valence electrons. The van der Waals surface area contributed by atoms with Gasteiger partial charge in [-0.1, -0.05) is 6.07 Å². The number of nitrogens with one attached hydrogen (secondary N) is 2. The molecule has 1 fully saturated rings. The van der Waals surface area contributed by atoms with Crippen molar-refractivity contribution in [2.24, 2.45) is 0 Å². The van der Waals surface area contributed by atoms with Gasteiger partial charge in [0.25, 0.3) is 5.91 Å². The van der Waals surface area contributed by atoms with Crippen molar-refractivity contribution in [3.63, 3.8) is 0 Å². The van der Waals surface area contributed by atoms with Crippen molar-refractivity contribution >= 4 is 11.8 Å². The highest BCUT2D eigenvalue weighted by atomic mass is 16.5. The molecule has 1 aliphatic rings. The average Bonchev–Trinajstić information content (AvgIpc) is 3.15. The second-order valence-corrected chi connectivity index (χ2v) is 6.66. The first-order valence-corrected chi connectivity index (χ1v) is 9.69. The third kappa shape index (κ3) is 6.71. The van der Waals surface area contributed by atoms with E-state index in [0.717, 1.165) is 24.9 Å². The highest BCUT2D eigenvalue weighted by Gasteiger charge is 2.18. The van der Waals surface area contributed by atoms with Gasteiger partial charge in [0.1, 0.15) is 11.6 Å². The lowest BCUT2D eigenvalue weighted by Crippen LogP contribution is -2.29. The predicted octanol–water partition coefficient (Wildman–Crippen LogP) is 1.37. The molecular formula is C21H28N4O4. The first-order valence-electron chi connectivity index (χ1n) is 9.69. The molecule has 0 spiro atoms. The van der Waals surface area contributed by atoms with Crippen molar-refractivity contribution in [3.8, 4) is 17.6 Å². The Morgan fingerprint density at radius 3 is 2.72 bits per heavy atom. The highest BCUT2D eigenvalue weighted by Crippen LogP contribution is 2.27. The third-order valence-electron chi connectivity index (χ3n) is 4.68. The van der Waals surface area contributed by atoms with Gasteiger partial charge in [-0.3, -0.25) is 9.59 Å². The molecule has 1 aliphatic heterocycles. The maximum Gasteiger partial charge on any atom is 0.263 e. The van der Waals surface area contributed by atoms with Crippen LogP contribution in [0.4, 0.5) is 0 Å². The lowest BCUT2D eigenvalue weighted by atomic mass is 10.1. The summed E-state index contributed by atoms with van der Waals surface area (Å²) in [5.41, 5.74) is 1.01. The first kappa shape index (κ1) is 22.1. The number of hydrogen-bond acceptors (Lipinski definition) is 6. The smallest absolute Gasteiger partial charge is 0.263 e. The Balaban J connectivity index is 1.72. The fourth-order valence-electron chi connectivity index (χ4n) is 3.09. The molecular weight excluding hydrogens is 372 g/mol. The molecule has 1 aromatic carbocycles. The minimum atomic E-state index is -0.421. The van der Waals surface area contributed by atoms with Crippen LogP contribution in [-0.2, 0) is 16.0 Å². The van der Waals surface area contributed by atoms with E-state index in [1.165, 1.54) is 6.20 Å². The van der Waals surface area contributed by atoms with E-state index in [4.69, 9.17) is 9.47 Å². The van der Waals surface area contributed by atoms with E-state index in [1.807, 2.05) is 29.2 Å². The minimum absolute atomic E-state index is 0.0227. The van der Waals surface area contributed by atoms with E-state index in [1.54, 1.807) is 14.2 Å². The summed E-state index contributed by atoms with van der Waals surface area (Å²) in [5.74, 6) is 1.06. The van der Waals surface area contributed by atoms with Gasteiger partial charge in [-0.25, -0.2) is 0 Å². The van der Waals surface area contributed by atoms with Crippen LogP contribution in [0, 0.1) is 11.3 Å². The third-order valence-corrected chi connectivity index (χ3v) is 4.68. The minimum Gasteiger partial charge on any atom is -0.493 e. The van der Waals surface area contributed by atoms with Gasteiger partial charge in [0.2, 0.25) is 5.91 Å². The maximum atomic E-state index is 12.2. The number of ether oxygens (including phenoxy) is 2. The van der Waals surface area contributed by atoms with E-state index in [-0.39, 0.29) is 11.5 Å². The maximum absolute atomic E-state index is 12.2. The van der Waals surface area contributed by atoms with Crippen LogP contribution in [0.25, 0.3) is 0 Å². The van der Waals surface area contributed by atoms with E-state index >= 15 is 0 Å². The molecule has 1 aromatic rings. The molecule has 1 heterocycles. The Labute approximate surface area is 171 Å². The average molecular weight is 400 g/mol. The molecule has 0 atom stereocenters. The van der Waals surface area contributed by atoms with Gasteiger partial charge in [-0.15, -0.1) is 0 Å². The second kappa shape index (κ2) is 11.6. The number of hydrogen-bond donors (Lipinski definition) is 2. The van der Waals surface area contributed by atoms with Crippen molar-refractivity contribution in [3.05, 3.63) is 35.5 Å². The topological polar surface area (TPSA) is 104 Å². The van der Waals surface area contributed by atoms with Crippen LogP contribution in [0.1, 0.15) is 24.8 Å². The number of amides is 2. The molecule has 0 bridgehead atoms. The van der Waals surface area contributed by atoms with Gasteiger partial charge < -0.3 is 25.0 Å². The molecule has 0 saturated carbocycles. The Morgan fingerprint density at radius 1 is 1.28 bits per heavy atom. The molecule has 2 rings (SSSR count). The second-order valence-electron chi connectivity index (χ2n) is 6.66. The van der Waals surface area contributed by atoms with E-state index in [9.17, 15) is 14.9 Å². The van der Waals surface area contributed by atoms with Crippen LogP contribution >= 0.6 is 0 Å². The van der Waals surface area contributed by atoms with Crippen LogP contribution in [0.2, 0.25) is 0 Å². The molecule has 8 heteroatoms. The van der Waals surface area contributed by atoms with Gasteiger partial charge in [0.05, 0.1) is 14.2 Å². The van der Waals surface area contributed by atoms with E-state index in [2.05, 4.69) is 10.6 Å². The van der Waals surface area contributed by atoms with Crippen molar-refractivity contribution < 1.29 is 19.1 Å². The van der Waals surface area contributed by atoms with Gasteiger partial charge in [-0.05, 0) is 37.0 Å². The summed E-state index contributed by atoms with van der Waals surface area (Å²) >= 11 is 0. The van der Waals surface area contributed by atoms with Crippen molar-refractivity contribution in [2.75, 3.05) is 40.4 Å². The molecule has 0 aromatic heterocycles. The normalized spacial score (nSPS) is 13.8. The largest absolute Gasteiger partial charge is 0.493 e. The molecule has 0 unspecified atom stereocenters. The fraction of sp³-hybridized carbons (Fsp3) is 0.476. The highest BCUT2D eigenvalue weighted by molar-refractivity contribution is 5.97. The number of methoxy groups -OCH3 is 2. The van der Waals surface area contributed by atoms with Crippen LogP contribution in [-0.4, -0.2) is 57.1 Å². The Kier molecular flexibility index (Phi) is 8.83. The standard InChI is InChI=1S/C21H28N4O4/c1-28-18-7-6-16(13-19(18)29-2)8-10-24-21(27)17(14-22)15-23-9-4-12-25-11-3-5-20(25)26/h6-7,13,15,23H,3-5,8-12H2,1-2H3,(H,24,27)/b17-15-. The molecule has 8 nitrogen and oxygen atoms in total. The SMILES string of the molecule is COc1ccc(CCNC(=O)/C(C#N)=C\NCCCN2CCCC2=O)cc1OC. The van der Waals surface area contributed by atoms with Gasteiger partial charge in [0.15, 0.2) is 11.5 Å². The van der Waals surface area contributed by atoms with Gasteiger partial charge >= 0.3 is 0 Å². The zero-order chi connectivity index (χ0) is 21.1. The quantitative estimate of drug-likeness (QED) is 0.330. The number of nitrogens with zero attached hydrogens (tertiary/aromatic N) is 2. The number of rotatable bonds is 11. The Bertz CT molecular complexity index is 785. The monoisotopic (exact) mass is 400 g/mol. The van der Waals surface area contributed by atoms with E-state index in [0.29, 0.717) is 44.0 Å². The molecule has 2 amide bonds. The molecule has 2 N–H and O–H groups in total. The number of likely N-dealkylation sites (tertiary alicyclic amines) is 1. The van der Waals surface area contributed by atoms with Gasteiger partial charge in [-0.2, -0.15) is 5.26 Å². The Morgan fingerprint density at radius 2 is 2.07 bits per heavy atom. The lowest BCUT2D eigenvalue weighted by Gasteiger charge is -2.14. The zero-order valence-electron chi connectivity index (χ0n) is 17.0. The van der Waals surface area contributed by atoms with Crippen LogP contribution in [0.3, 0.4) is 0 Å². The molecule has 29 heavy (non-hydrogen) atoms. The van der Waals surface area contributed by atoms with Crippen molar-refractivity contribution in [2.45, 2.75) is 25.7 Å². The summed E-state index contributed by atoms with van der Waals surface area (Å²) in [6.45, 7) is 2.50. The molecule has 0 radical (unpaired) electrons.